The molecule has 2 aromatic rings. The summed E-state index contributed by atoms with van der Waals surface area (Å²) in [6.45, 7) is -1.75. The van der Waals surface area contributed by atoms with E-state index >= 15 is 4.39 Å². The van der Waals surface area contributed by atoms with Gasteiger partial charge in [0.05, 0.1) is 91.3 Å². The lowest BCUT2D eigenvalue weighted by molar-refractivity contribution is 0.00270. The Balaban J connectivity index is 1.92. The lowest BCUT2D eigenvalue weighted by Crippen LogP contribution is -2.77. The molecule has 1 aliphatic heterocycles. The van der Waals surface area contributed by atoms with E-state index in [1.54, 1.807) is 0 Å². The van der Waals surface area contributed by atoms with E-state index in [1.165, 1.54) is 0 Å². The molecular formula is C19H10B11ClF2N4O. The molecule has 1 aromatic heterocycles. The Morgan fingerprint density at radius 1 is 1.05 bits per heavy atom. The number of piperidine rings is 1. The molecule has 1 unspecified atom stereocenters. The first-order valence-electron chi connectivity index (χ1n) is 10.8. The minimum absolute atomic E-state index is 0.139. The van der Waals surface area contributed by atoms with Gasteiger partial charge in [0.1, 0.15) is 17.3 Å². The van der Waals surface area contributed by atoms with Crippen LogP contribution in [0.15, 0.2) is 30.6 Å². The van der Waals surface area contributed by atoms with Crippen molar-refractivity contribution in [1.29, 1.82) is 0 Å². The maximum atomic E-state index is 16.7. The summed E-state index contributed by atoms with van der Waals surface area (Å²) in [5.41, 5.74) is -3.11. The van der Waals surface area contributed by atoms with E-state index < -0.39 is 56.7 Å². The van der Waals surface area contributed by atoms with Gasteiger partial charge in [-0.3, -0.25) is 4.79 Å². The summed E-state index contributed by atoms with van der Waals surface area (Å²) in [6, 6.07) is 3.03. The van der Waals surface area contributed by atoms with Crippen LogP contribution in [0.25, 0.3) is 0 Å². The summed E-state index contributed by atoms with van der Waals surface area (Å²) in [6.07, 6.45) is 2.32. The molecule has 1 atom stereocenters. The van der Waals surface area contributed by atoms with Gasteiger partial charge in [-0.05, 0) is 34.3 Å². The first kappa shape index (κ1) is 31.1. The summed E-state index contributed by atoms with van der Waals surface area (Å²) in [5.74, 6) is -2.00. The van der Waals surface area contributed by atoms with Crippen LogP contribution in [0.4, 0.5) is 8.78 Å². The molecule has 166 valence electrons. The van der Waals surface area contributed by atoms with Crippen LogP contribution in [0, 0.1) is 5.82 Å². The summed E-state index contributed by atoms with van der Waals surface area (Å²) < 4.78 is 30.3. The summed E-state index contributed by atoms with van der Waals surface area (Å²) in [7, 11) is 65.5. The number of hydrogen-bond acceptors (Lipinski definition) is 4. The number of benzene rings is 1. The maximum absolute atomic E-state index is 16.7. The molecule has 0 spiro atoms. The van der Waals surface area contributed by atoms with E-state index in [9.17, 15) is 9.18 Å². The number of rotatable bonds is 6. The van der Waals surface area contributed by atoms with Gasteiger partial charge in [-0.2, -0.15) is 0 Å². The highest BCUT2D eigenvalue weighted by Crippen LogP contribution is 2.59. The zero-order chi connectivity index (χ0) is 29.1. The van der Waals surface area contributed by atoms with Crippen molar-refractivity contribution in [3.8, 4) is 0 Å². The second kappa shape index (κ2) is 9.90. The van der Waals surface area contributed by atoms with Crippen LogP contribution in [-0.4, -0.2) is 131 Å². The van der Waals surface area contributed by atoms with Gasteiger partial charge in [0, 0.05) is 36.4 Å². The fourth-order valence-electron chi connectivity index (χ4n) is 3.89. The standard InChI is InChI=1S/C19H10B11ClF2N4O/c20-15(21)7-37(12(38)8-1-2-11(32)10(31)3-8)19(29,30)18(27,28)14(15,33)6-36-17(25,26)13-34-4-9(5-35-13)16(22,23)24/h1-5,36H,6-7H2. The molecule has 1 amide bonds. The Bertz CT molecular complexity index is 1230. The second-order valence-electron chi connectivity index (χ2n) is 9.51. The topological polar surface area (TPSA) is 58.1 Å². The predicted molar refractivity (Wildman–Crippen MR) is 151 cm³/mol. The predicted octanol–water partition coefficient (Wildman–Crippen LogP) is -2.32. The monoisotopic (exact) mass is 504 g/mol. The van der Waals surface area contributed by atoms with Crippen LogP contribution in [0.5, 0.6) is 0 Å². The number of amides is 1. The first-order chi connectivity index (χ1) is 17.1. The molecule has 2 heterocycles. The van der Waals surface area contributed by atoms with Gasteiger partial charge < -0.3 is 10.2 Å². The number of nitrogens with one attached hydrogen (secondary N) is 1. The first-order valence-corrected chi connectivity index (χ1v) is 11.2. The quantitative estimate of drug-likeness (QED) is 0.451. The van der Waals surface area contributed by atoms with E-state index in [2.05, 4.69) is 15.3 Å². The van der Waals surface area contributed by atoms with Crippen LogP contribution in [0.3, 0.4) is 0 Å². The number of halogens is 3. The van der Waals surface area contributed by atoms with Crippen LogP contribution < -0.4 is 5.32 Å². The van der Waals surface area contributed by atoms with E-state index in [0.29, 0.717) is 4.90 Å². The van der Waals surface area contributed by atoms with Gasteiger partial charge >= 0.3 is 0 Å². The number of hydrogen-bond donors (Lipinski definition) is 1. The maximum Gasteiger partial charge on any atom is 0.252 e. The largest absolute Gasteiger partial charge is 0.352 e. The molecule has 1 N–H and O–H groups in total. The van der Waals surface area contributed by atoms with Crippen molar-refractivity contribution in [2.75, 3.05) is 13.1 Å². The lowest BCUT2D eigenvalue weighted by atomic mass is 9.21. The fraction of sp³-hybridized carbons (Fsp3) is 0.421. The van der Waals surface area contributed by atoms with Gasteiger partial charge in [0.25, 0.3) is 5.91 Å². The van der Waals surface area contributed by atoms with Crippen molar-refractivity contribution >= 4 is 104 Å². The van der Waals surface area contributed by atoms with Crippen LogP contribution >= 0.6 is 11.6 Å². The highest BCUT2D eigenvalue weighted by molar-refractivity contribution is 6.59. The van der Waals surface area contributed by atoms with Crippen molar-refractivity contribution in [1.82, 2.24) is 20.2 Å². The molecule has 1 aliphatic rings. The smallest absolute Gasteiger partial charge is 0.252 e. The Labute approximate surface area is 240 Å². The Morgan fingerprint density at radius 2 is 1.61 bits per heavy atom. The average molecular weight is 503 g/mol. The van der Waals surface area contributed by atoms with Gasteiger partial charge in [-0.15, -0.1) is 5.11 Å². The minimum atomic E-state index is -3.08. The molecule has 1 fully saturated rings. The molecule has 0 saturated carbocycles. The number of carbonyl (C=O) groups excluding carboxylic acids is 1. The molecule has 38 heavy (non-hydrogen) atoms. The molecule has 0 bridgehead atoms. The molecule has 1 saturated heterocycles. The zero-order valence-corrected chi connectivity index (χ0v) is 20.8. The Kier molecular flexibility index (Phi) is 8.11. The highest BCUT2D eigenvalue weighted by Gasteiger charge is 2.65. The fourth-order valence-corrected chi connectivity index (χ4v) is 4.07. The van der Waals surface area contributed by atoms with Crippen molar-refractivity contribution in [3.05, 3.63) is 58.4 Å². The Morgan fingerprint density at radius 3 is 2.11 bits per heavy atom. The van der Waals surface area contributed by atoms with Gasteiger partial charge in [0.2, 0.25) is 0 Å². The van der Waals surface area contributed by atoms with Crippen LogP contribution in [-0.2, 0) is 10.5 Å². The van der Waals surface area contributed by atoms with Gasteiger partial charge in [-0.1, -0.05) is 16.8 Å². The number of carbonyl (C=O) groups is 1. The summed E-state index contributed by atoms with van der Waals surface area (Å²) >= 11 is 5.76. The number of alkyl halides is 1. The number of likely N-dealkylation sites (tertiary alicyclic amines) is 1. The average Bonchev–Trinajstić information content (AvgIpc) is 2.80. The van der Waals surface area contributed by atoms with Crippen molar-refractivity contribution in [3.63, 3.8) is 0 Å². The number of aromatic nitrogens is 2. The third kappa shape index (κ3) is 5.21. The Hall–Kier alpha value is -1.41. The summed E-state index contributed by atoms with van der Waals surface area (Å²) in [4.78, 5) is 21.7. The van der Waals surface area contributed by atoms with E-state index in [0.717, 1.165) is 30.6 Å². The minimum Gasteiger partial charge on any atom is -0.352 e. The van der Waals surface area contributed by atoms with Gasteiger partial charge in [-0.25, -0.2) is 18.7 Å². The second-order valence-corrected chi connectivity index (χ2v) is 9.91. The third-order valence-corrected chi connectivity index (χ3v) is 6.77. The third-order valence-electron chi connectivity index (χ3n) is 6.48. The molecular weight excluding hydrogens is 493 g/mol. The van der Waals surface area contributed by atoms with Gasteiger partial charge in [0.15, 0.2) is 0 Å². The van der Waals surface area contributed by atoms with Crippen molar-refractivity contribution < 1.29 is 13.6 Å². The zero-order valence-electron chi connectivity index (χ0n) is 20.0. The molecule has 19 heteroatoms. The molecule has 5 nitrogen and oxygen atoms in total. The van der Waals surface area contributed by atoms with Crippen LogP contribution in [0.2, 0.25) is 15.5 Å². The van der Waals surface area contributed by atoms with E-state index in [-0.39, 0.29) is 22.0 Å². The SMILES string of the molecule is [B]C([B])([B])c1cnc(C([B])([B])NCC2(F)C([B])([B])CN(C(=O)c3ccc(F)c(Cl)c3)C([B])([B])C2([B])[B])nc1. The van der Waals surface area contributed by atoms with Crippen molar-refractivity contribution in [2.45, 2.75) is 31.9 Å². The lowest BCUT2D eigenvalue weighted by Gasteiger charge is -2.68. The normalized spacial score (nSPS) is 22.6. The van der Waals surface area contributed by atoms with Crippen molar-refractivity contribution in [2.24, 2.45) is 0 Å². The van der Waals surface area contributed by atoms with Crippen LogP contribution in [0.1, 0.15) is 21.7 Å². The highest BCUT2D eigenvalue weighted by atomic mass is 35.5. The molecule has 1 aromatic carbocycles. The molecule has 0 aliphatic carbocycles. The molecule has 3 rings (SSSR count). The van der Waals surface area contributed by atoms with E-state index in [1.807, 2.05) is 0 Å². The molecule has 22 radical (unpaired) electrons. The number of nitrogens with zero attached hydrogens (tertiary/aromatic N) is 3. The summed E-state index contributed by atoms with van der Waals surface area (Å²) in [5, 5.41) is -9.73. The van der Waals surface area contributed by atoms with E-state index in [4.69, 9.17) is 97.9 Å².